The van der Waals surface area contributed by atoms with Gasteiger partial charge in [-0.2, -0.15) is 8.78 Å². The molecule has 1 aromatic heterocycles. The minimum atomic E-state index is -3.00. The average molecular weight is 522 g/mol. The molecule has 3 aromatic carbocycles. The molecule has 188 valence electrons. The van der Waals surface area contributed by atoms with E-state index in [1.165, 1.54) is 18.2 Å². The van der Waals surface area contributed by atoms with Crippen molar-refractivity contribution < 1.29 is 27.8 Å². The molecule has 8 heteroatoms. The van der Waals surface area contributed by atoms with Crippen LogP contribution in [0.3, 0.4) is 0 Å². The van der Waals surface area contributed by atoms with E-state index in [-0.39, 0.29) is 16.6 Å². The van der Waals surface area contributed by atoms with Crippen LogP contribution in [0.15, 0.2) is 78.9 Å². The van der Waals surface area contributed by atoms with Crippen molar-refractivity contribution in [2.45, 2.75) is 32.7 Å². The van der Waals surface area contributed by atoms with Crippen LogP contribution in [0.25, 0.3) is 22.2 Å². The molecule has 1 aliphatic rings. The van der Waals surface area contributed by atoms with Gasteiger partial charge < -0.3 is 14.2 Å². The first-order valence-corrected chi connectivity index (χ1v) is 11.9. The number of nitrogens with zero attached hydrogens (tertiary/aromatic N) is 1. The van der Waals surface area contributed by atoms with Gasteiger partial charge >= 0.3 is 6.61 Å². The Hall–Kier alpha value is -3.97. The van der Waals surface area contributed by atoms with Crippen molar-refractivity contribution in [2.24, 2.45) is 0 Å². The molecule has 0 atom stereocenters. The van der Waals surface area contributed by atoms with Gasteiger partial charge in [0.25, 0.3) is 0 Å². The number of hydrogen-bond acceptors (Lipinski definition) is 5. The Bertz CT molecular complexity index is 1520. The van der Waals surface area contributed by atoms with Crippen molar-refractivity contribution in [3.63, 3.8) is 0 Å². The lowest BCUT2D eigenvalue weighted by atomic mass is 9.92. The lowest BCUT2D eigenvalue weighted by molar-refractivity contribution is -0.125. The topological polar surface area (TPSA) is 57.6 Å². The number of pyridine rings is 1. The highest BCUT2D eigenvalue weighted by atomic mass is 35.5. The second-order valence-electron chi connectivity index (χ2n) is 8.98. The molecule has 0 amide bonds. The van der Waals surface area contributed by atoms with Crippen LogP contribution in [-0.2, 0) is 16.1 Å². The summed E-state index contributed by atoms with van der Waals surface area (Å²) in [7, 11) is 0. The van der Waals surface area contributed by atoms with Crippen molar-refractivity contribution in [1.82, 2.24) is 4.98 Å². The number of hydrogen-bond donors (Lipinski definition) is 0. The summed E-state index contributed by atoms with van der Waals surface area (Å²) in [6.45, 7) is 0.635. The molecule has 0 saturated carbocycles. The lowest BCUT2D eigenvalue weighted by Gasteiger charge is -2.18. The van der Waals surface area contributed by atoms with Gasteiger partial charge in [0, 0.05) is 10.9 Å². The third-order valence-corrected chi connectivity index (χ3v) is 6.25. The third kappa shape index (κ3) is 5.13. The van der Waals surface area contributed by atoms with Gasteiger partial charge in [-0.1, -0.05) is 48.0 Å². The SMILES string of the molecule is CC1(C)OC(c2ccc(OC(F)F)c(Cl)c2)=C(c2ccc(OCc3ccc4ccccc4n3)cc2)C1=O. The summed E-state index contributed by atoms with van der Waals surface area (Å²) in [6.07, 6.45) is 0. The summed E-state index contributed by atoms with van der Waals surface area (Å²) < 4.78 is 41.6. The van der Waals surface area contributed by atoms with Gasteiger partial charge in [0.15, 0.2) is 5.60 Å². The normalized spacial score (nSPS) is 14.8. The highest BCUT2D eigenvalue weighted by molar-refractivity contribution is 6.34. The summed E-state index contributed by atoms with van der Waals surface area (Å²) in [5.74, 6) is 0.562. The molecule has 37 heavy (non-hydrogen) atoms. The molecule has 0 fully saturated rings. The van der Waals surface area contributed by atoms with Crippen LogP contribution in [0.2, 0.25) is 5.02 Å². The van der Waals surface area contributed by atoms with Crippen LogP contribution in [0, 0.1) is 0 Å². The van der Waals surface area contributed by atoms with Gasteiger partial charge in [0.1, 0.15) is 23.9 Å². The monoisotopic (exact) mass is 521 g/mol. The quantitative estimate of drug-likeness (QED) is 0.255. The van der Waals surface area contributed by atoms with E-state index < -0.39 is 12.2 Å². The van der Waals surface area contributed by atoms with Gasteiger partial charge in [-0.05, 0) is 61.9 Å². The number of benzene rings is 3. The van der Waals surface area contributed by atoms with Crippen LogP contribution in [0.4, 0.5) is 8.78 Å². The van der Waals surface area contributed by atoms with Crippen LogP contribution in [0.5, 0.6) is 11.5 Å². The minimum Gasteiger partial charge on any atom is -0.487 e. The van der Waals surface area contributed by atoms with Crippen molar-refractivity contribution in [3.8, 4) is 11.5 Å². The predicted octanol–water partition coefficient (Wildman–Crippen LogP) is 7.31. The molecular formula is C29H22ClF2NO4. The number of Topliss-reactive ketones (excluding diaryl/α,β-unsaturated/α-hetero) is 1. The number of aromatic nitrogens is 1. The van der Waals surface area contributed by atoms with Crippen LogP contribution in [-0.4, -0.2) is 23.0 Å². The van der Waals surface area contributed by atoms with E-state index in [0.29, 0.717) is 34.8 Å². The Morgan fingerprint density at radius 2 is 1.70 bits per heavy atom. The highest BCUT2D eigenvalue weighted by Gasteiger charge is 2.42. The number of fused-ring (bicyclic) bond motifs is 1. The molecule has 0 spiro atoms. The summed E-state index contributed by atoms with van der Waals surface area (Å²) in [5, 5.41) is 1.04. The number of carbonyl (C=O) groups is 1. The number of carbonyl (C=O) groups excluding carboxylic acids is 1. The third-order valence-electron chi connectivity index (χ3n) is 5.95. The number of halogens is 3. The van der Waals surface area contributed by atoms with Gasteiger partial charge in [0.05, 0.1) is 21.8 Å². The predicted molar refractivity (Wildman–Crippen MR) is 138 cm³/mol. The zero-order chi connectivity index (χ0) is 26.2. The maximum Gasteiger partial charge on any atom is 0.387 e. The smallest absolute Gasteiger partial charge is 0.387 e. The van der Waals surface area contributed by atoms with E-state index in [0.717, 1.165) is 16.6 Å². The van der Waals surface area contributed by atoms with Gasteiger partial charge in [-0.25, -0.2) is 4.98 Å². The Balaban J connectivity index is 1.40. The Labute approximate surface area is 217 Å². The van der Waals surface area contributed by atoms with Crippen molar-refractivity contribution >= 4 is 39.6 Å². The molecule has 2 heterocycles. The van der Waals surface area contributed by atoms with E-state index in [2.05, 4.69) is 9.72 Å². The number of ether oxygens (including phenoxy) is 3. The summed E-state index contributed by atoms with van der Waals surface area (Å²) in [4.78, 5) is 17.8. The van der Waals surface area contributed by atoms with Crippen LogP contribution < -0.4 is 9.47 Å². The number of para-hydroxylation sites is 1. The zero-order valence-electron chi connectivity index (χ0n) is 20.0. The first kappa shape index (κ1) is 24.7. The highest BCUT2D eigenvalue weighted by Crippen LogP contribution is 2.43. The van der Waals surface area contributed by atoms with Crippen LogP contribution in [0.1, 0.15) is 30.7 Å². The maximum absolute atomic E-state index is 13.2. The molecular weight excluding hydrogens is 500 g/mol. The number of rotatable bonds is 7. The molecule has 5 nitrogen and oxygen atoms in total. The fourth-order valence-electron chi connectivity index (χ4n) is 4.12. The fraction of sp³-hybridized carbons (Fsp3) is 0.172. The molecule has 4 aromatic rings. The molecule has 0 saturated heterocycles. The van der Waals surface area contributed by atoms with Crippen molar-refractivity contribution in [3.05, 3.63) is 101 Å². The molecule has 0 aliphatic carbocycles. The number of alkyl halides is 2. The second kappa shape index (κ2) is 9.82. The van der Waals surface area contributed by atoms with Gasteiger partial charge in [-0.15, -0.1) is 0 Å². The Kier molecular flexibility index (Phi) is 6.56. The van der Waals surface area contributed by atoms with E-state index in [1.54, 1.807) is 38.1 Å². The maximum atomic E-state index is 13.2. The summed E-state index contributed by atoms with van der Waals surface area (Å²) in [5.41, 5.74) is 2.06. The largest absolute Gasteiger partial charge is 0.487 e. The molecule has 5 rings (SSSR count). The lowest BCUT2D eigenvalue weighted by Crippen LogP contribution is -2.29. The Morgan fingerprint density at radius 1 is 0.973 bits per heavy atom. The Morgan fingerprint density at radius 3 is 2.43 bits per heavy atom. The zero-order valence-corrected chi connectivity index (χ0v) is 20.8. The van der Waals surface area contributed by atoms with E-state index in [1.807, 2.05) is 36.4 Å². The van der Waals surface area contributed by atoms with E-state index >= 15 is 0 Å². The average Bonchev–Trinajstić information content (AvgIpc) is 3.12. The summed E-state index contributed by atoms with van der Waals surface area (Å²) in [6, 6.07) is 23.2. The number of ketones is 1. The fourth-order valence-corrected chi connectivity index (χ4v) is 4.34. The second-order valence-corrected chi connectivity index (χ2v) is 9.38. The molecule has 0 radical (unpaired) electrons. The molecule has 0 bridgehead atoms. The van der Waals surface area contributed by atoms with E-state index in [9.17, 15) is 13.6 Å². The molecule has 0 N–H and O–H groups in total. The van der Waals surface area contributed by atoms with Gasteiger partial charge in [0.2, 0.25) is 5.78 Å². The molecule has 1 aliphatic heterocycles. The van der Waals surface area contributed by atoms with Gasteiger partial charge in [-0.3, -0.25) is 4.79 Å². The first-order valence-electron chi connectivity index (χ1n) is 11.5. The first-order chi connectivity index (χ1) is 17.7. The van der Waals surface area contributed by atoms with Crippen molar-refractivity contribution in [1.29, 1.82) is 0 Å². The molecule has 0 unspecified atom stereocenters. The van der Waals surface area contributed by atoms with Crippen LogP contribution >= 0.6 is 11.6 Å². The van der Waals surface area contributed by atoms with Crippen molar-refractivity contribution in [2.75, 3.05) is 0 Å². The minimum absolute atomic E-state index is 0.0172. The standard InChI is InChI=1S/C29H22ClF2NO4/c1-29(2)27(34)25(26(37-29)19-10-14-24(22(30)15-19)36-28(31)32)18-8-12-21(13-9-18)35-16-20-11-7-17-5-3-4-6-23(17)33-20/h3-15,28H,16H2,1-2H3. The van der Waals surface area contributed by atoms with E-state index in [4.69, 9.17) is 21.1 Å². The summed E-state index contributed by atoms with van der Waals surface area (Å²) >= 11 is 6.15.